The van der Waals surface area contributed by atoms with Gasteiger partial charge in [-0.05, 0) is 55.0 Å². The quantitative estimate of drug-likeness (QED) is 0.723. The van der Waals surface area contributed by atoms with E-state index in [1.54, 1.807) is 30.5 Å². The highest BCUT2D eigenvalue weighted by Gasteiger charge is 2.26. The number of hydrogen-bond acceptors (Lipinski definition) is 6. The average molecular weight is 423 g/mol. The molecule has 1 N–H and O–H groups in total. The fraction of sp³-hybridized carbons (Fsp3) is 0.368. The van der Waals surface area contributed by atoms with E-state index in [0.29, 0.717) is 23.7 Å². The van der Waals surface area contributed by atoms with E-state index in [4.69, 9.17) is 4.74 Å². The molecule has 0 aliphatic carbocycles. The highest BCUT2D eigenvalue weighted by Crippen LogP contribution is 2.23. The highest BCUT2D eigenvalue weighted by atomic mass is 32.2. The Morgan fingerprint density at radius 1 is 1.18 bits per heavy atom. The number of hydrogen-bond donors (Lipinski definition) is 1. The van der Waals surface area contributed by atoms with Crippen LogP contribution in [0.4, 0.5) is 5.69 Å². The number of nitrogens with zero attached hydrogens (tertiary/aromatic N) is 1. The molecule has 0 saturated carbocycles. The molecule has 9 heteroatoms. The van der Waals surface area contributed by atoms with E-state index in [-0.39, 0.29) is 4.90 Å². The average Bonchev–Trinajstić information content (AvgIpc) is 3.13. The van der Waals surface area contributed by atoms with E-state index < -0.39 is 28.5 Å². The minimum atomic E-state index is -3.58. The Morgan fingerprint density at radius 3 is 2.61 bits per heavy atom. The lowest BCUT2D eigenvalue weighted by Gasteiger charge is -2.26. The number of aryl methyl sites for hydroxylation is 1. The summed E-state index contributed by atoms with van der Waals surface area (Å²) in [6.45, 7) is 2.37. The minimum Gasteiger partial charge on any atom is -0.451 e. The van der Waals surface area contributed by atoms with Crippen LogP contribution in [-0.4, -0.2) is 44.3 Å². The first kappa shape index (κ1) is 20.5. The number of carbonyl (C=O) groups is 2. The van der Waals surface area contributed by atoms with Gasteiger partial charge in [0.25, 0.3) is 5.91 Å². The predicted molar refractivity (Wildman–Crippen MR) is 107 cm³/mol. The molecular formula is C19H22N2O5S2. The number of benzene rings is 1. The maximum atomic E-state index is 12.7. The van der Waals surface area contributed by atoms with Gasteiger partial charge in [-0.1, -0.05) is 12.5 Å². The Hall–Kier alpha value is -2.23. The number of carbonyl (C=O) groups excluding carboxylic acids is 2. The Labute approximate surface area is 168 Å². The van der Waals surface area contributed by atoms with Gasteiger partial charge < -0.3 is 10.1 Å². The van der Waals surface area contributed by atoms with Crippen molar-refractivity contribution >= 4 is 38.9 Å². The smallest absolute Gasteiger partial charge is 0.349 e. The zero-order valence-electron chi connectivity index (χ0n) is 15.5. The second-order valence-electron chi connectivity index (χ2n) is 6.55. The van der Waals surface area contributed by atoms with Crippen molar-refractivity contribution in [1.82, 2.24) is 4.31 Å². The van der Waals surface area contributed by atoms with Gasteiger partial charge in [0.1, 0.15) is 4.88 Å². The molecule has 7 nitrogen and oxygen atoms in total. The summed E-state index contributed by atoms with van der Waals surface area (Å²) in [5.74, 6) is -1.08. The van der Waals surface area contributed by atoms with E-state index in [1.807, 2.05) is 0 Å². The fourth-order valence-corrected chi connectivity index (χ4v) is 5.35. The highest BCUT2D eigenvalue weighted by molar-refractivity contribution is 7.89. The molecule has 1 fully saturated rings. The fourth-order valence-electron chi connectivity index (χ4n) is 2.96. The maximum Gasteiger partial charge on any atom is 0.349 e. The molecule has 1 aromatic carbocycles. The summed E-state index contributed by atoms with van der Waals surface area (Å²) in [4.78, 5) is 24.7. The van der Waals surface area contributed by atoms with Crippen LogP contribution >= 0.6 is 11.3 Å². The van der Waals surface area contributed by atoms with Crippen molar-refractivity contribution in [3.63, 3.8) is 0 Å². The summed E-state index contributed by atoms with van der Waals surface area (Å²) in [5.41, 5.74) is 1.14. The molecule has 0 unspecified atom stereocenters. The first-order valence-electron chi connectivity index (χ1n) is 8.99. The standard InChI is InChI=1S/C19H22N2O5S2/c1-14-8-11-27-18(14)19(23)26-13-17(22)20-15-6-5-7-16(12-15)28(24,25)21-9-3-2-4-10-21/h5-8,11-12H,2-4,9-10,13H2,1H3,(H,20,22). The number of ether oxygens (including phenoxy) is 1. The number of amides is 1. The topological polar surface area (TPSA) is 92.8 Å². The van der Waals surface area contributed by atoms with Crippen LogP contribution in [0, 0.1) is 6.92 Å². The summed E-state index contributed by atoms with van der Waals surface area (Å²) in [6, 6.07) is 7.91. The zero-order valence-corrected chi connectivity index (χ0v) is 17.1. The van der Waals surface area contributed by atoms with Crippen molar-refractivity contribution in [2.24, 2.45) is 0 Å². The van der Waals surface area contributed by atoms with Crippen LogP contribution in [-0.2, 0) is 19.6 Å². The molecule has 28 heavy (non-hydrogen) atoms. The number of rotatable bonds is 6. The molecule has 1 aliphatic heterocycles. The monoisotopic (exact) mass is 422 g/mol. The van der Waals surface area contributed by atoms with E-state index in [9.17, 15) is 18.0 Å². The molecule has 0 atom stereocenters. The van der Waals surface area contributed by atoms with Gasteiger partial charge in [-0.15, -0.1) is 11.3 Å². The van der Waals surface area contributed by atoms with Crippen LogP contribution < -0.4 is 5.32 Å². The number of nitrogens with one attached hydrogen (secondary N) is 1. The Balaban J connectivity index is 1.61. The van der Waals surface area contributed by atoms with Crippen LogP contribution in [0.25, 0.3) is 0 Å². The number of thiophene rings is 1. The third kappa shape index (κ3) is 4.78. The molecule has 1 saturated heterocycles. The molecule has 0 spiro atoms. The predicted octanol–water partition coefficient (Wildman–Crippen LogP) is 3.03. The normalized spacial score (nSPS) is 15.2. The third-order valence-electron chi connectivity index (χ3n) is 4.45. The lowest BCUT2D eigenvalue weighted by atomic mass is 10.2. The van der Waals surface area contributed by atoms with Gasteiger partial charge in [-0.25, -0.2) is 13.2 Å². The molecule has 2 aromatic rings. The van der Waals surface area contributed by atoms with Crippen LogP contribution in [0.2, 0.25) is 0 Å². The van der Waals surface area contributed by atoms with Crippen molar-refractivity contribution in [1.29, 1.82) is 0 Å². The Bertz CT molecular complexity index is 962. The van der Waals surface area contributed by atoms with Gasteiger partial charge >= 0.3 is 5.97 Å². The lowest BCUT2D eigenvalue weighted by Crippen LogP contribution is -2.35. The molecular weight excluding hydrogens is 400 g/mol. The second-order valence-corrected chi connectivity index (χ2v) is 9.40. The molecule has 1 aromatic heterocycles. The van der Waals surface area contributed by atoms with Crippen molar-refractivity contribution in [2.45, 2.75) is 31.1 Å². The molecule has 1 aliphatic rings. The van der Waals surface area contributed by atoms with Crippen LogP contribution in [0.3, 0.4) is 0 Å². The zero-order chi connectivity index (χ0) is 20.1. The van der Waals surface area contributed by atoms with Gasteiger partial charge in [0, 0.05) is 18.8 Å². The molecule has 150 valence electrons. The summed E-state index contributed by atoms with van der Waals surface area (Å²) in [6.07, 6.45) is 2.74. The SMILES string of the molecule is Cc1ccsc1C(=O)OCC(=O)Nc1cccc(S(=O)(=O)N2CCCCC2)c1. The van der Waals surface area contributed by atoms with Gasteiger partial charge in [-0.3, -0.25) is 4.79 Å². The van der Waals surface area contributed by atoms with Crippen LogP contribution in [0.15, 0.2) is 40.6 Å². The number of sulfonamides is 1. The molecule has 1 amide bonds. The number of piperidine rings is 1. The maximum absolute atomic E-state index is 12.7. The summed E-state index contributed by atoms with van der Waals surface area (Å²) in [5, 5.41) is 4.35. The van der Waals surface area contributed by atoms with Crippen molar-refractivity contribution in [3.05, 3.63) is 46.2 Å². The van der Waals surface area contributed by atoms with Crippen LogP contribution in [0.1, 0.15) is 34.5 Å². The van der Waals surface area contributed by atoms with E-state index in [1.165, 1.54) is 27.8 Å². The van der Waals surface area contributed by atoms with Crippen molar-refractivity contribution in [2.75, 3.05) is 25.0 Å². The Morgan fingerprint density at radius 2 is 1.93 bits per heavy atom. The van der Waals surface area contributed by atoms with Gasteiger partial charge in [0.15, 0.2) is 6.61 Å². The van der Waals surface area contributed by atoms with Crippen molar-refractivity contribution < 1.29 is 22.7 Å². The minimum absolute atomic E-state index is 0.137. The van der Waals surface area contributed by atoms with Gasteiger partial charge in [-0.2, -0.15) is 4.31 Å². The van der Waals surface area contributed by atoms with E-state index in [0.717, 1.165) is 24.8 Å². The van der Waals surface area contributed by atoms with Crippen molar-refractivity contribution in [3.8, 4) is 0 Å². The van der Waals surface area contributed by atoms with Gasteiger partial charge in [0.2, 0.25) is 10.0 Å². The second kappa shape index (κ2) is 8.85. The number of esters is 1. The van der Waals surface area contributed by atoms with Crippen LogP contribution in [0.5, 0.6) is 0 Å². The molecule has 2 heterocycles. The summed E-state index contributed by atoms with van der Waals surface area (Å²) < 4.78 is 32.0. The first-order chi connectivity index (χ1) is 13.4. The lowest BCUT2D eigenvalue weighted by molar-refractivity contribution is -0.119. The van der Waals surface area contributed by atoms with E-state index in [2.05, 4.69) is 5.32 Å². The first-order valence-corrected chi connectivity index (χ1v) is 11.3. The molecule has 0 radical (unpaired) electrons. The molecule has 0 bridgehead atoms. The Kier molecular flexibility index (Phi) is 6.48. The largest absolute Gasteiger partial charge is 0.451 e. The van der Waals surface area contributed by atoms with E-state index >= 15 is 0 Å². The summed E-state index contributed by atoms with van der Waals surface area (Å²) in [7, 11) is -3.58. The van der Waals surface area contributed by atoms with Gasteiger partial charge in [0.05, 0.1) is 4.90 Å². The summed E-state index contributed by atoms with van der Waals surface area (Å²) >= 11 is 1.25. The molecule has 3 rings (SSSR count). The number of anilines is 1. The third-order valence-corrected chi connectivity index (χ3v) is 7.34.